The third-order valence-electron chi connectivity index (χ3n) is 7.39. The number of aryl methyl sites for hydroxylation is 1. The lowest BCUT2D eigenvalue weighted by atomic mass is 10.1. The van der Waals surface area contributed by atoms with Gasteiger partial charge in [0.1, 0.15) is 15.9 Å². The van der Waals surface area contributed by atoms with Crippen molar-refractivity contribution in [1.29, 1.82) is 0 Å². The fourth-order valence-corrected chi connectivity index (χ4v) is 10.9. The van der Waals surface area contributed by atoms with Crippen LogP contribution in [0.15, 0.2) is 23.1 Å². The molecule has 0 fully saturated rings. The summed E-state index contributed by atoms with van der Waals surface area (Å²) in [5.74, 6) is -0.227. The fraction of sp³-hybridized carbons (Fsp3) is 0.806. The predicted octanol–water partition coefficient (Wildman–Crippen LogP) is 9.93. The van der Waals surface area contributed by atoms with Gasteiger partial charge in [0.25, 0.3) is 0 Å². The van der Waals surface area contributed by atoms with Crippen molar-refractivity contribution in [3.63, 3.8) is 0 Å². The third-order valence-corrected chi connectivity index (χ3v) is 13.4. The summed E-state index contributed by atoms with van der Waals surface area (Å²) in [6.45, 7) is 11.0. The maximum atomic E-state index is 10.5. The van der Waals surface area contributed by atoms with Gasteiger partial charge in [0.2, 0.25) is 0 Å². The number of unbranched alkanes of at least 4 members (excludes halogenated alkanes) is 12. The highest BCUT2D eigenvalue weighted by molar-refractivity contribution is 7.85. The van der Waals surface area contributed by atoms with Crippen LogP contribution in [0.25, 0.3) is 0 Å². The molecule has 1 N–H and O–H groups in total. The van der Waals surface area contributed by atoms with Crippen LogP contribution >= 0.6 is 7.26 Å². The fourth-order valence-electron chi connectivity index (χ4n) is 4.94. The van der Waals surface area contributed by atoms with Crippen LogP contribution < -0.4 is 0 Å². The van der Waals surface area contributed by atoms with Crippen molar-refractivity contribution in [3.05, 3.63) is 23.8 Å². The molecule has 0 bridgehead atoms. The van der Waals surface area contributed by atoms with Crippen LogP contribution in [0.5, 0.6) is 5.75 Å². The molecule has 0 saturated carbocycles. The van der Waals surface area contributed by atoms with E-state index in [1.54, 1.807) is 31.1 Å². The summed E-state index contributed by atoms with van der Waals surface area (Å²) in [5, 5.41) is 8.90. The molecule has 0 spiro atoms. The summed E-state index contributed by atoms with van der Waals surface area (Å²) in [4.78, 5) is -0.373. The first-order valence-electron chi connectivity index (χ1n) is 15.3. The molecule has 0 aromatic heterocycles. The van der Waals surface area contributed by atoms with Gasteiger partial charge in [-0.05, 0) is 56.7 Å². The standard InChI is InChI=1S/C24H52P.C7H8O4S/c1-5-9-13-14-15-16-17-18-19-20-24-25(21-10-6-2,22-11-7-3)23-12-8-4;1-5-2-3-6(8)4-7(5)12(9,10)11/h5-24H2,1-4H3;2-4,8H,1H3,(H,9,10,11)/q+1;/p-1. The normalized spacial score (nSPS) is 11.8. The van der Waals surface area contributed by atoms with Crippen LogP contribution in [0.4, 0.5) is 0 Å². The average molecular weight is 559 g/mol. The van der Waals surface area contributed by atoms with Gasteiger partial charge < -0.3 is 9.66 Å². The Morgan fingerprint density at radius 3 is 1.41 bits per heavy atom. The Morgan fingerprint density at radius 1 is 0.649 bits per heavy atom. The molecule has 218 valence electrons. The molecular weight excluding hydrogens is 499 g/mol. The maximum absolute atomic E-state index is 10.5. The zero-order valence-electron chi connectivity index (χ0n) is 24.9. The second-order valence-electron chi connectivity index (χ2n) is 10.9. The molecule has 1 aromatic carbocycles. The van der Waals surface area contributed by atoms with Gasteiger partial charge in [-0.15, -0.1) is 0 Å². The molecule has 0 amide bonds. The van der Waals surface area contributed by atoms with Crippen molar-refractivity contribution in [2.75, 3.05) is 24.6 Å². The summed E-state index contributed by atoms with van der Waals surface area (Å²) >= 11 is 0. The molecule has 37 heavy (non-hydrogen) atoms. The molecule has 4 nitrogen and oxygen atoms in total. The Balaban J connectivity index is 0.000000893. The third kappa shape index (κ3) is 18.3. The van der Waals surface area contributed by atoms with E-state index in [0.29, 0.717) is 5.56 Å². The van der Waals surface area contributed by atoms with Gasteiger partial charge in [-0.25, -0.2) is 8.42 Å². The van der Waals surface area contributed by atoms with E-state index in [0.717, 1.165) is 6.07 Å². The number of rotatable bonds is 21. The van der Waals surface area contributed by atoms with Gasteiger partial charge in [-0.3, -0.25) is 0 Å². The quantitative estimate of drug-likeness (QED) is 0.0925. The minimum Gasteiger partial charge on any atom is -0.744 e. The molecule has 6 heteroatoms. The molecule has 0 atom stereocenters. The van der Waals surface area contributed by atoms with E-state index >= 15 is 0 Å². The second kappa shape index (κ2) is 22.2. The highest BCUT2D eigenvalue weighted by Gasteiger charge is 2.34. The number of benzene rings is 1. The molecule has 0 aliphatic rings. The van der Waals surface area contributed by atoms with Crippen molar-refractivity contribution < 1.29 is 18.1 Å². The van der Waals surface area contributed by atoms with Crippen LogP contribution in [0, 0.1) is 6.92 Å². The molecule has 0 saturated heterocycles. The van der Waals surface area contributed by atoms with E-state index in [-0.39, 0.29) is 10.6 Å². The second-order valence-corrected chi connectivity index (χ2v) is 16.7. The van der Waals surface area contributed by atoms with Gasteiger partial charge in [-0.2, -0.15) is 0 Å². The Morgan fingerprint density at radius 2 is 1.03 bits per heavy atom. The number of aromatic hydroxyl groups is 1. The summed E-state index contributed by atoms with van der Waals surface area (Å²) in [5.41, 5.74) is 0.336. The van der Waals surface area contributed by atoms with Crippen molar-refractivity contribution in [3.8, 4) is 5.75 Å². The Labute approximate surface area is 231 Å². The van der Waals surface area contributed by atoms with E-state index in [2.05, 4.69) is 27.7 Å². The van der Waals surface area contributed by atoms with E-state index in [1.807, 2.05) is 0 Å². The highest BCUT2D eigenvalue weighted by Crippen LogP contribution is 2.61. The van der Waals surface area contributed by atoms with Crippen LogP contribution in [0.1, 0.15) is 136 Å². The van der Waals surface area contributed by atoms with Crippen LogP contribution in [0.2, 0.25) is 0 Å². The number of hydrogen-bond acceptors (Lipinski definition) is 4. The molecule has 0 aliphatic carbocycles. The topological polar surface area (TPSA) is 77.4 Å². The maximum Gasteiger partial charge on any atom is 0.124 e. The summed E-state index contributed by atoms with van der Waals surface area (Å²) in [6.07, 6.45) is 30.0. The van der Waals surface area contributed by atoms with Gasteiger partial charge >= 0.3 is 0 Å². The van der Waals surface area contributed by atoms with Gasteiger partial charge in [-0.1, -0.05) is 104 Å². The summed E-state index contributed by atoms with van der Waals surface area (Å²) < 4.78 is 31.6. The van der Waals surface area contributed by atoms with Gasteiger partial charge in [0, 0.05) is 7.26 Å². The lowest BCUT2D eigenvalue weighted by molar-refractivity contribution is 0.455. The zero-order valence-corrected chi connectivity index (χ0v) is 26.6. The van der Waals surface area contributed by atoms with Crippen LogP contribution in [0.3, 0.4) is 0 Å². The van der Waals surface area contributed by atoms with E-state index < -0.39 is 17.4 Å². The van der Waals surface area contributed by atoms with E-state index in [4.69, 9.17) is 5.11 Å². The number of hydrogen-bond donors (Lipinski definition) is 1. The minimum atomic E-state index is -4.47. The Hall–Kier alpha value is -0.640. The Kier molecular flexibility index (Phi) is 21.8. The first kappa shape index (κ1) is 36.4. The van der Waals surface area contributed by atoms with E-state index in [9.17, 15) is 13.0 Å². The molecular formula is C31H59O4PS. The molecule has 0 aliphatic heterocycles. The molecule has 0 unspecified atom stereocenters. The zero-order chi connectivity index (χ0) is 28.0. The smallest absolute Gasteiger partial charge is 0.124 e. The summed E-state index contributed by atoms with van der Waals surface area (Å²) in [7, 11) is -5.09. The largest absolute Gasteiger partial charge is 0.744 e. The SMILES string of the molecule is CCCCCCCCCCCC[P+](CCCC)(CCCC)CCCC.Cc1ccc(O)cc1S(=O)(=O)[O-]. The summed E-state index contributed by atoms with van der Waals surface area (Å²) in [6, 6.07) is 3.64. The monoisotopic (exact) mass is 558 g/mol. The van der Waals surface area contributed by atoms with Crippen molar-refractivity contribution in [2.24, 2.45) is 0 Å². The van der Waals surface area contributed by atoms with Gasteiger partial charge in [0.05, 0.1) is 29.5 Å². The molecule has 0 radical (unpaired) electrons. The Bertz CT molecular complexity index is 758. The molecule has 0 heterocycles. The first-order valence-corrected chi connectivity index (χ1v) is 19.2. The van der Waals surface area contributed by atoms with Crippen LogP contribution in [-0.4, -0.2) is 42.7 Å². The van der Waals surface area contributed by atoms with Crippen molar-refractivity contribution in [2.45, 2.75) is 142 Å². The van der Waals surface area contributed by atoms with Crippen molar-refractivity contribution in [1.82, 2.24) is 0 Å². The highest BCUT2D eigenvalue weighted by atomic mass is 32.2. The first-order chi connectivity index (χ1) is 17.7. The lowest BCUT2D eigenvalue weighted by Gasteiger charge is -2.28. The molecule has 1 rings (SSSR count). The lowest BCUT2D eigenvalue weighted by Crippen LogP contribution is -2.13. The molecule has 1 aromatic rings. The minimum absolute atomic E-state index is 0.227. The number of phenols is 1. The predicted molar refractivity (Wildman–Crippen MR) is 164 cm³/mol. The number of phenolic OH excluding ortho intramolecular Hbond substituents is 1. The van der Waals surface area contributed by atoms with Crippen molar-refractivity contribution >= 4 is 17.4 Å². The van der Waals surface area contributed by atoms with E-state index in [1.165, 1.54) is 115 Å². The van der Waals surface area contributed by atoms with Crippen LogP contribution in [-0.2, 0) is 10.1 Å². The average Bonchev–Trinajstić information content (AvgIpc) is 2.87. The van der Waals surface area contributed by atoms with Gasteiger partial charge in [0.15, 0.2) is 0 Å².